The third kappa shape index (κ3) is 4.38. The molecular formula is C17H25NO. The summed E-state index contributed by atoms with van der Waals surface area (Å²) in [5, 5.41) is 1.93. The zero-order valence-electron chi connectivity index (χ0n) is 12.4. The molecule has 0 amide bonds. The molecule has 0 heterocycles. The summed E-state index contributed by atoms with van der Waals surface area (Å²) in [6.07, 6.45) is 14.8. The highest BCUT2D eigenvalue weighted by molar-refractivity contribution is 5.35. The molecule has 2 nitrogen and oxygen atoms in total. The van der Waals surface area contributed by atoms with Gasteiger partial charge >= 0.3 is 0 Å². The van der Waals surface area contributed by atoms with E-state index >= 15 is 0 Å². The first-order chi connectivity index (χ1) is 9.15. The van der Waals surface area contributed by atoms with Gasteiger partial charge in [-0.1, -0.05) is 37.7 Å². The Morgan fingerprint density at radius 2 is 2.21 bits per heavy atom. The lowest BCUT2D eigenvalue weighted by Crippen LogP contribution is -2.35. The highest BCUT2D eigenvalue weighted by Gasteiger charge is 2.26. The summed E-state index contributed by atoms with van der Waals surface area (Å²) in [6, 6.07) is 0.345. The number of hydroxylamine groups is 2. The third-order valence-electron chi connectivity index (χ3n) is 3.67. The zero-order chi connectivity index (χ0) is 14.3. The Bertz CT molecular complexity index is 400. The third-order valence-corrected chi connectivity index (χ3v) is 3.67. The Labute approximate surface area is 117 Å². The Balaban J connectivity index is 2.96. The summed E-state index contributed by atoms with van der Waals surface area (Å²) in [6.45, 7) is 8.73. The molecule has 1 aliphatic carbocycles. The maximum Gasteiger partial charge on any atom is 0.0852 e. The van der Waals surface area contributed by atoms with Crippen LogP contribution in [0.2, 0.25) is 0 Å². The predicted octanol–water partition coefficient (Wildman–Crippen LogP) is 3.73. The summed E-state index contributed by atoms with van der Waals surface area (Å²) in [5.74, 6) is 3.29. The van der Waals surface area contributed by atoms with E-state index in [1.165, 1.54) is 11.1 Å². The lowest BCUT2D eigenvalue weighted by molar-refractivity contribution is -0.154. The van der Waals surface area contributed by atoms with E-state index in [4.69, 9.17) is 11.3 Å². The average molecular weight is 259 g/mol. The van der Waals surface area contributed by atoms with Crippen molar-refractivity contribution < 1.29 is 4.84 Å². The van der Waals surface area contributed by atoms with Crippen LogP contribution < -0.4 is 0 Å². The van der Waals surface area contributed by atoms with Crippen LogP contribution in [0, 0.1) is 18.3 Å². The van der Waals surface area contributed by atoms with Crippen LogP contribution in [0.5, 0.6) is 0 Å². The zero-order valence-corrected chi connectivity index (χ0v) is 12.4. The van der Waals surface area contributed by atoms with Crippen molar-refractivity contribution in [3.8, 4) is 12.3 Å². The number of hydrogen-bond donors (Lipinski definition) is 0. The topological polar surface area (TPSA) is 12.5 Å². The molecule has 0 spiro atoms. The molecule has 0 aromatic carbocycles. The first-order valence-electron chi connectivity index (χ1n) is 6.87. The first-order valence-corrected chi connectivity index (χ1v) is 6.87. The van der Waals surface area contributed by atoms with Gasteiger partial charge in [0.1, 0.15) is 0 Å². The van der Waals surface area contributed by atoms with E-state index in [0.29, 0.717) is 18.5 Å². The minimum Gasteiger partial charge on any atom is -0.301 e. The highest BCUT2D eigenvalue weighted by atomic mass is 16.7. The molecule has 0 aromatic rings. The molecule has 1 fully saturated rings. The largest absolute Gasteiger partial charge is 0.301 e. The number of nitrogens with zero attached hydrogens (tertiary/aromatic N) is 1. The summed E-state index contributed by atoms with van der Waals surface area (Å²) >= 11 is 0. The summed E-state index contributed by atoms with van der Waals surface area (Å²) in [4.78, 5) is 5.45. The molecule has 1 aliphatic rings. The fraction of sp³-hybridized carbons (Fsp3) is 0.529. The standard InChI is InChI=1S/C17H25NO/c1-6-9-16-11-14(4)12-17(13-15(16)8-3)18(19-5)10-7-2/h2,6,8-9,14,17H,1,10-13H2,3-5H3/b15-8-,16-9-. The van der Waals surface area contributed by atoms with Gasteiger partial charge in [-0.05, 0) is 43.3 Å². The maximum absolute atomic E-state index is 5.45. The van der Waals surface area contributed by atoms with Crippen molar-refractivity contribution in [3.63, 3.8) is 0 Å². The number of hydrogen-bond acceptors (Lipinski definition) is 2. The molecular weight excluding hydrogens is 234 g/mol. The minimum absolute atomic E-state index is 0.345. The summed E-state index contributed by atoms with van der Waals surface area (Å²) < 4.78 is 0. The normalized spacial score (nSPS) is 28.4. The minimum atomic E-state index is 0.345. The molecule has 19 heavy (non-hydrogen) atoms. The number of terminal acetylenes is 1. The van der Waals surface area contributed by atoms with Gasteiger partial charge in [0.2, 0.25) is 0 Å². The van der Waals surface area contributed by atoms with E-state index in [0.717, 1.165) is 19.3 Å². The molecule has 0 aliphatic heterocycles. The monoisotopic (exact) mass is 259 g/mol. The van der Waals surface area contributed by atoms with Gasteiger partial charge in [-0.2, -0.15) is 5.06 Å². The van der Waals surface area contributed by atoms with Crippen LogP contribution in [0.4, 0.5) is 0 Å². The van der Waals surface area contributed by atoms with Crippen molar-refractivity contribution in [2.75, 3.05) is 13.7 Å². The number of allylic oxidation sites excluding steroid dienone is 4. The van der Waals surface area contributed by atoms with Crippen LogP contribution in [-0.4, -0.2) is 24.8 Å². The van der Waals surface area contributed by atoms with Gasteiger partial charge in [0.15, 0.2) is 0 Å². The quantitative estimate of drug-likeness (QED) is 0.433. The molecule has 2 heteroatoms. The van der Waals surface area contributed by atoms with Gasteiger partial charge in [-0.25, -0.2) is 0 Å². The molecule has 1 rings (SSSR count). The second-order valence-electron chi connectivity index (χ2n) is 5.11. The fourth-order valence-electron chi connectivity index (χ4n) is 2.80. The van der Waals surface area contributed by atoms with Crippen LogP contribution in [0.1, 0.15) is 33.1 Å². The average Bonchev–Trinajstić information content (AvgIpc) is 2.55. The van der Waals surface area contributed by atoms with E-state index in [2.05, 4.69) is 38.5 Å². The van der Waals surface area contributed by atoms with Crippen LogP contribution in [0.15, 0.2) is 36.0 Å². The molecule has 0 radical (unpaired) electrons. The van der Waals surface area contributed by atoms with Gasteiger partial charge in [-0.15, -0.1) is 6.42 Å². The lowest BCUT2D eigenvalue weighted by atomic mass is 9.97. The predicted molar refractivity (Wildman–Crippen MR) is 81.4 cm³/mol. The van der Waals surface area contributed by atoms with Crippen molar-refractivity contribution in [1.29, 1.82) is 0 Å². The van der Waals surface area contributed by atoms with E-state index in [9.17, 15) is 0 Å². The Hall–Kier alpha value is -1.30. The highest BCUT2D eigenvalue weighted by Crippen LogP contribution is 2.33. The van der Waals surface area contributed by atoms with Crippen LogP contribution in [-0.2, 0) is 4.84 Å². The second-order valence-corrected chi connectivity index (χ2v) is 5.11. The van der Waals surface area contributed by atoms with Crippen molar-refractivity contribution in [2.45, 2.75) is 39.2 Å². The van der Waals surface area contributed by atoms with Gasteiger partial charge in [-0.3, -0.25) is 0 Å². The first kappa shape index (κ1) is 15.8. The van der Waals surface area contributed by atoms with Gasteiger partial charge < -0.3 is 4.84 Å². The van der Waals surface area contributed by atoms with E-state index in [1.54, 1.807) is 7.11 Å². The van der Waals surface area contributed by atoms with E-state index in [1.807, 2.05) is 11.1 Å². The van der Waals surface area contributed by atoms with Crippen molar-refractivity contribution in [3.05, 3.63) is 36.0 Å². The number of rotatable bonds is 4. The maximum atomic E-state index is 5.45. The molecule has 104 valence electrons. The van der Waals surface area contributed by atoms with Crippen molar-refractivity contribution >= 4 is 0 Å². The Kier molecular flexibility index (Phi) is 6.62. The Morgan fingerprint density at radius 1 is 1.47 bits per heavy atom. The SMILES string of the molecule is C#CCN(OC)C1CC(=C/C)/C(=C\C=C)CC(C)C1. The lowest BCUT2D eigenvalue weighted by Gasteiger charge is -2.28. The van der Waals surface area contributed by atoms with Crippen LogP contribution in [0.25, 0.3) is 0 Å². The van der Waals surface area contributed by atoms with Crippen LogP contribution >= 0.6 is 0 Å². The van der Waals surface area contributed by atoms with E-state index in [-0.39, 0.29) is 0 Å². The molecule has 0 saturated heterocycles. The fourth-order valence-corrected chi connectivity index (χ4v) is 2.80. The van der Waals surface area contributed by atoms with Gasteiger partial charge in [0.25, 0.3) is 0 Å². The smallest absolute Gasteiger partial charge is 0.0852 e. The summed E-state index contributed by atoms with van der Waals surface area (Å²) in [5.41, 5.74) is 2.78. The van der Waals surface area contributed by atoms with Crippen molar-refractivity contribution in [2.24, 2.45) is 5.92 Å². The molecule has 2 unspecified atom stereocenters. The molecule has 1 saturated carbocycles. The molecule has 0 aromatic heterocycles. The van der Waals surface area contributed by atoms with E-state index < -0.39 is 0 Å². The second kappa shape index (κ2) is 7.99. The molecule has 2 atom stereocenters. The summed E-state index contributed by atoms with van der Waals surface area (Å²) in [7, 11) is 1.70. The van der Waals surface area contributed by atoms with Crippen LogP contribution in [0.3, 0.4) is 0 Å². The molecule has 0 bridgehead atoms. The molecule has 0 N–H and O–H groups in total. The van der Waals surface area contributed by atoms with Crippen molar-refractivity contribution in [1.82, 2.24) is 5.06 Å². The van der Waals surface area contributed by atoms with Gasteiger partial charge in [0, 0.05) is 6.04 Å². The van der Waals surface area contributed by atoms with Gasteiger partial charge in [0.05, 0.1) is 13.7 Å². The Morgan fingerprint density at radius 3 is 2.74 bits per heavy atom.